The summed E-state index contributed by atoms with van der Waals surface area (Å²) in [6.45, 7) is 1.51. The van der Waals surface area contributed by atoms with E-state index in [0.29, 0.717) is 0 Å². The first kappa shape index (κ1) is 16.8. The molecule has 1 aliphatic heterocycles. The summed E-state index contributed by atoms with van der Waals surface area (Å²) < 4.78 is 0. The third-order valence-corrected chi connectivity index (χ3v) is 4.28. The SMILES string of the molecule is CC(=O)N1C=Cc2ccccc2C1CC(=O)NN(C)c1ccccc1. The maximum atomic E-state index is 12.6. The molecule has 0 radical (unpaired) electrons. The van der Waals surface area contributed by atoms with E-state index in [1.54, 1.807) is 23.2 Å². The normalized spacial score (nSPS) is 15.4. The number of benzene rings is 2. The molecule has 1 aliphatic rings. The van der Waals surface area contributed by atoms with Crippen LogP contribution in [-0.2, 0) is 9.59 Å². The zero-order chi connectivity index (χ0) is 17.8. The van der Waals surface area contributed by atoms with E-state index < -0.39 is 0 Å². The van der Waals surface area contributed by atoms with Crippen molar-refractivity contribution >= 4 is 23.6 Å². The van der Waals surface area contributed by atoms with Crippen molar-refractivity contribution in [3.63, 3.8) is 0 Å². The highest BCUT2D eigenvalue weighted by Gasteiger charge is 2.28. The molecule has 0 saturated heterocycles. The first-order chi connectivity index (χ1) is 12.1. The number of hydrazine groups is 1. The molecule has 1 atom stereocenters. The number of amides is 2. The lowest BCUT2D eigenvalue weighted by molar-refractivity contribution is -0.129. The Morgan fingerprint density at radius 1 is 1.08 bits per heavy atom. The number of carbonyl (C=O) groups excluding carboxylic acids is 2. The van der Waals surface area contributed by atoms with Crippen LogP contribution in [0.25, 0.3) is 6.08 Å². The number of anilines is 1. The number of nitrogens with zero attached hydrogens (tertiary/aromatic N) is 2. The molecule has 3 rings (SSSR count). The lowest BCUT2D eigenvalue weighted by atomic mass is 9.93. The van der Waals surface area contributed by atoms with Crippen LogP contribution >= 0.6 is 0 Å². The topological polar surface area (TPSA) is 52.7 Å². The third-order valence-electron chi connectivity index (χ3n) is 4.28. The second-order valence-corrected chi connectivity index (χ2v) is 6.02. The van der Waals surface area contributed by atoms with Crippen LogP contribution in [0.15, 0.2) is 60.8 Å². The second kappa shape index (κ2) is 7.21. The Morgan fingerprint density at radius 2 is 1.76 bits per heavy atom. The van der Waals surface area contributed by atoms with Crippen molar-refractivity contribution in [2.45, 2.75) is 19.4 Å². The molecule has 1 unspecified atom stereocenters. The minimum Gasteiger partial charge on any atom is -0.311 e. The molecule has 0 saturated carbocycles. The Hall–Kier alpha value is -3.08. The van der Waals surface area contributed by atoms with Gasteiger partial charge in [-0.1, -0.05) is 42.5 Å². The molecule has 0 aliphatic carbocycles. The van der Waals surface area contributed by atoms with Gasteiger partial charge in [-0.05, 0) is 29.3 Å². The summed E-state index contributed by atoms with van der Waals surface area (Å²) in [5, 5.41) is 1.69. The number of para-hydroxylation sites is 1. The van der Waals surface area contributed by atoms with E-state index in [1.807, 2.05) is 60.7 Å². The summed E-state index contributed by atoms with van der Waals surface area (Å²) in [6.07, 6.45) is 3.85. The highest BCUT2D eigenvalue weighted by atomic mass is 16.2. The molecule has 2 aromatic carbocycles. The van der Waals surface area contributed by atoms with Gasteiger partial charge in [0.1, 0.15) is 0 Å². The fourth-order valence-corrected chi connectivity index (χ4v) is 3.04. The summed E-state index contributed by atoms with van der Waals surface area (Å²) in [4.78, 5) is 26.2. The summed E-state index contributed by atoms with van der Waals surface area (Å²) in [7, 11) is 1.80. The molecule has 1 N–H and O–H groups in total. The van der Waals surface area contributed by atoms with Gasteiger partial charge in [-0.2, -0.15) is 0 Å². The Balaban J connectivity index is 1.76. The van der Waals surface area contributed by atoms with Crippen LogP contribution in [0.2, 0.25) is 0 Å². The van der Waals surface area contributed by atoms with Crippen LogP contribution in [0.4, 0.5) is 5.69 Å². The van der Waals surface area contributed by atoms with Crippen molar-refractivity contribution in [2.75, 3.05) is 12.1 Å². The van der Waals surface area contributed by atoms with Gasteiger partial charge in [0.2, 0.25) is 11.8 Å². The summed E-state index contributed by atoms with van der Waals surface area (Å²) in [5.41, 5.74) is 5.78. The molecule has 1 heterocycles. The number of nitrogens with one attached hydrogen (secondary N) is 1. The van der Waals surface area contributed by atoms with Gasteiger partial charge in [0, 0.05) is 20.2 Å². The zero-order valence-corrected chi connectivity index (χ0v) is 14.3. The lowest BCUT2D eigenvalue weighted by Crippen LogP contribution is -2.42. The van der Waals surface area contributed by atoms with Crippen molar-refractivity contribution in [1.29, 1.82) is 0 Å². The standard InChI is InChI=1S/C20H21N3O2/c1-15(24)23-13-12-16-8-6-7-11-18(16)19(23)14-20(25)21-22(2)17-9-4-3-5-10-17/h3-13,19H,14H2,1-2H3,(H,21,25). The number of hydrogen-bond donors (Lipinski definition) is 1. The minimum absolute atomic E-state index is 0.0834. The third kappa shape index (κ3) is 3.71. The van der Waals surface area contributed by atoms with E-state index in [9.17, 15) is 9.59 Å². The van der Waals surface area contributed by atoms with Crippen LogP contribution in [-0.4, -0.2) is 23.8 Å². The molecule has 0 bridgehead atoms. The molecule has 5 heteroatoms. The predicted octanol–water partition coefficient (Wildman–Crippen LogP) is 3.12. The summed E-state index contributed by atoms with van der Waals surface area (Å²) in [6, 6.07) is 17.1. The molecule has 5 nitrogen and oxygen atoms in total. The van der Waals surface area contributed by atoms with Gasteiger partial charge in [0.25, 0.3) is 0 Å². The molecular weight excluding hydrogens is 314 g/mol. The molecular formula is C20H21N3O2. The van der Waals surface area contributed by atoms with Crippen molar-refractivity contribution in [1.82, 2.24) is 10.3 Å². The Labute approximate surface area is 147 Å². The Bertz CT molecular complexity index is 802. The largest absolute Gasteiger partial charge is 0.311 e. The van der Waals surface area contributed by atoms with Gasteiger partial charge in [0.15, 0.2) is 0 Å². The molecule has 25 heavy (non-hydrogen) atoms. The molecule has 0 fully saturated rings. The second-order valence-electron chi connectivity index (χ2n) is 6.02. The fourth-order valence-electron chi connectivity index (χ4n) is 3.04. The van der Waals surface area contributed by atoms with Gasteiger partial charge in [-0.3, -0.25) is 20.0 Å². The molecule has 0 spiro atoms. The summed E-state index contributed by atoms with van der Waals surface area (Å²) in [5.74, 6) is -0.229. The average molecular weight is 335 g/mol. The van der Waals surface area contributed by atoms with Crippen molar-refractivity contribution in [2.24, 2.45) is 0 Å². The highest BCUT2D eigenvalue weighted by molar-refractivity contribution is 5.82. The van der Waals surface area contributed by atoms with Crippen LogP contribution in [0.3, 0.4) is 0 Å². The van der Waals surface area contributed by atoms with Gasteiger partial charge < -0.3 is 4.90 Å². The molecule has 2 amide bonds. The maximum absolute atomic E-state index is 12.6. The lowest BCUT2D eigenvalue weighted by Gasteiger charge is -2.33. The van der Waals surface area contributed by atoms with E-state index in [2.05, 4.69) is 5.43 Å². The first-order valence-electron chi connectivity index (χ1n) is 8.20. The van der Waals surface area contributed by atoms with E-state index in [-0.39, 0.29) is 24.3 Å². The van der Waals surface area contributed by atoms with Crippen LogP contribution < -0.4 is 10.4 Å². The number of hydrogen-bond acceptors (Lipinski definition) is 3. The van der Waals surface area contributed by atoms with E-state index >= 15 is 0 Å². The molecule has 0 aromatic heterocycles. The quantitative estimate of drug-likeness (QED) is 0.874. The van der Waals surface area contributed by atoms with Crippen LogP contribution in [0.5, 0.6) is 0 Å². The summed E-state index contributed by atoms with van der Waals surface area (Å²) >= 11 is 0. The van der Waals surface area contributed by atoms with Crippen molar-refractivity contribution < 1.29 is 9.59 Å². The van der Waals surface area contributed by atoms with Gasteiger partial charge in [0.05, 0.1) is 18.2 Å². The number of carbonyl (C=O) groups is 2. The number of rotatable bonds is 4. The fraction of sp³-hybridized carbons (Fsp3) is 0.200. The number of fused-ring (bicyclic) bond motifs is 1. The van der Waals surface area contributed by atoms with Crippen LogP contribution in [0, 0.1) is 0 Å². The van der Waals surface area contributed by atoms with Gasteiger partial charge in [-0.25, -0.2) is 0 Å². The van der Waals surface area contributed by atoms with E-state index in [0.717, 1.165) is 16.8 Å². The maximum Gasteiger partial charge on any atom is 0.240 e. The zero-order valence-electron chi connectivity index (χ0n) is 14.3. The Kier molecular flexibility index (Phi) is 4.84. The predicted molar refractivity (Wildman–Crippen MR) is 98.3 cm³/mol. The van der Waals surface area contributed by atoms with Gasteiger partial charge >= 0.3 is 0 Å². The smallest absolute Gasteiger partial charge is 0.240 e. The van der Waals surface area contributed by atoms with Crippen molar-refractivity contribution in [3.8, 4) is 0 Å². The van der Waals surface area contributed by atoms with Gasteiger partial charge in [-0.15, -0.1) is 0 Å². The molecule has 128 valence electrons. The van der Waals surface area contributed by atoms with Crippen molar-refractivity contribution in [3.05, 3.63) is 71.9 Å². The average Bonchev–Trinajstić information content (AvgIpc) is 2.62. The van der Waals surface area contributed by atoms with Crippen LogP contribution in [0.1, 0.15) is 30.5 Å². The monoisotopic (exact) mass is 335 g/mol. The highest BCUT2D eigenvalue weighted by Crippen LogP contribution is 2.32. The van der Waals surface area contributed by atoms with E-state index in [4.69, 9.17) is 0 Å². The minimum atomic E-state index is -0.303. The molecule has 2 aromatic rings. The Morgan fingerprint density at radius 3 is 2.48 bits per heavy atom. The van der Waals surface area contributed by atoms with E-state index in [1.165, 1.54) is 6.92 Å². The first-order valence-corrected chi connectivity index (χ1v) is 8.20.